The van der Waals surface area contributed by atoms with Crippen LogP contribution in [0.2, 0.25) is 20.1 Å². The minimum atomic E-state index is -0.676. The van der Waals surface area contributed by atoms with E-state index in [1.54, 1.807) is 0 Å². The van der Waals surface area contributed by atoms with Gasteiger partial charge in [0.25, 0.3) is 0 Å². The van der Waals surface area contributed by atoms with E-state index in [2.05, 4.69) is 4.74 Å². The second-order valence-corrected chi connectivity index (χ2v) is 3.91. The molecule has 0 spiro atoms. The molecule has 0 aliphatic heterocycles. The molecule has 0 aliphatic rings. The quantitative estimate of drug-likeness (QED) is 0.569. The molecule has 1 aromatic rings. The lowest BCUT2D eigenvalue weighted by atomic mass is 10.2. The molecular formula is C8H4Cl4O2. The lowest BCUT2D eigenvalue weighted by molar-refractivity contribution is 0.0601. The molecule has 1 rings (SSSR count). The van der Waals surface area contributed by atoms with Crippen LogP contribution in [0.3, 0.4) is 0 Å². The van der Waals surface area contributed by atoms with E-state index in [4.69, 9.17) is 46.4 Å². The first kappa shape index (κ1) is 11.9. The van der Waals surface area contributed by atoms with Gasteiger partial charge in [0.1, 0.15) is 0 Å². The average molecular weight is 274 g/mol. The van der Waals surface area contributed by atoms with Gasteiger partial charge in [-0.3, -0.25) is 0 Å². The van der Waals surface area contributed by atoms with Gasteiger partial charge in [-0.25, -0.2) is 4.79 Å². The molecule has 0 fully saturated rings. The standard InChI is InChI=1S/C8H4Cl4O2/c1-14-8(13)5-6(11)3(9)2-4(10)7(5)12/h2H,1H3. The highest BCUT2D eigenvalue weighted by Gasteiger charge is 2.20. The molecule has 14 heavy (non-hydrogen) atoms. The van der Waals surface area contributed by atoms with Gasteiger partial charge in [-0.15, -0.1) is 0 Å². The maximum atomic E-state index is 11.3. The van der Waals surface area contributed by atoms with Gasteiger partial charge in [0, 0.05) is 0 Å². The molecule has 0 saturated carbocycles. The summed E-state index contributed by atoms with van der Waals surface area (Å²) in [5.74, 6) is -0.676. The Hall–Kier alpha value is -0.150. The molecule has 0 saturated heterocycles. The number of benzene rings is 1. The number of hydrogen-bond acceptors (Lipinski definition) is 2. The summed E-state index contributed by atoms with van der Waals surface area (Å²) >= 11 is 23.0. The van der Waals surface area contributed by atoms with E-state index in [1.165, 1.54) is 13.2 Å². The maximum absolute atomic E-state index is 11.3. The highest BCUT2D eigenvalue weighted by molar-refractivity contribution is 6.49. The van der Waals surface area contributed by atoms with Crippen molar-refractivity contribution in [1.29, 1.82) is 0 Å². The van der Waals surface area contributed by atoms with Crippen LogP contribution in [0.1, 0.15) is 10.4 Å². The number of ether oxygens (including phenoxy) is 1. The van der Waals surface area contributed by atoms with Crippen molar-refractivity contribution in [3.63, 3.8) is 0 Å². The van der Waals surface area contributed by atoms with Gasteiger partial charge in [0.05, 0.1) is 32.8 Å². The van der Waals surface area contributed by atoms with E-state index >= 15 is 0 Å². The molecule has 0 amide bonds. The molecular weight excluding hydrogens is 270 g/mol. The van der Waals surface area contributed by atoms with Crippen LogP contribution in [-0.2, 0) is 4.74 Å². The summed E-state index contributed by atoms with van der Waals surface area (Å²) in [6.07, 6.45) is 0. The van der Waals surface area contributed by atoms with E-state index in [1.807, 2.05) is 0 Å². The van der Waals surface area contributed by atoms with Crippen molar-refractivity contribution in [3.05, 3.63) is 31.7 Å². The van der Waals surface area contributed by atoms with Crippen molar-refractivity contribution in [1.82, 2.24) is 0 Å². The Balaban J connectivity index is 3.47. The summed E-state index contributed by atoms with van der Waals surface area (Å²) in [6.45, 7) is 0. The third-order valence-electron chi connectivity index (χ3n) is 1.50. The molecule has 2 nitrogen and oxygen atoms in total. The van der Waals surface area contributed by atoms with Crippen molar-refractivity contribution in [2.24, 2.45) is 0 Å². The smallest absolute Gasteiger partial charge is 0.341 e. The molecule has 0 radical (unpaired) electrons. The van der Waals surface area contributed by atoms with Gasteiger partial charge in [-0.1, -0.05) is 46.4 Å². The highest BCUT2D eigenvalue weighted by atomic mass is 35.5. The third-order valence-corrected chi connectivity index (χ3v) is 3.08. The van der Waals surface area contributed by atoms with Crippen molar-refractivity contribution in [2.45, 2.75) is 0 Å². The number of halogens is 4. The van der Waals surface area contributed by atoms with E-state index in [0.717, 1.165) is 0 Å². The zero-order valence-corrected chi connectivity index (χ0v) is 9.93. The fourth-order valence-electron chi connectivity index (χ4n) is 0.854. The van der Waals surface area contributed by atoms with Crippen molar-refractivity contribution in [3.8, 4) is 0 Å². The summed E-state index contributed by atoms with van der Waals surface area (Å²) in [7, 11) is 1.21. The Morgan fingerprint density at radius 2 is 1.57 bits per heavy atom. The molecule has 0 bridgehead atoms. The van der Waals surface area contributed by atoms with Crippen LogP contribution in [-0.4, -0.2) is 13.1 Å². The third kappa shape index (κ3) is 2.09. The Kier molecular flexibility index (Phi) is 3.90. The van der Waals surface area contributed by atoms with Gasteiger partial charge in [-0.05, 0) is 6.07 Å². The summed E-state index contributed by atoms with van der Waals surface area (Å²) < 4.78 is 4.48. The van der Waals surface area contributed by atoms with Crippen LogP contribution in [0.5, 0.6) is 0 Å². The number of carbonyl (C=O) groups excluding carboxylic acids is 1. The maximum Gasteiger partial charge on any atom is 0.341 e. The number of rotatable bonds is 1. The second-order valence-electron chi connectivity index (χ2n) is 2.33. The first-order valence-corrected chi connectivity index (χ1v) is 4.91. The SMILES string of the molecule is COC(=O)c1c(Cl)c(Cl)cc(Cl)c1Cl. The molecule has 0 aromatic heterocycles. The van der Waals surface area contributed by atoms with Gasteiger partial charge >= 0.3 is 5.97 Å². The molecule has 0 heterocycles. The number of methoxy groups -OCH3 is 1. The van der Waals surface area contributed by atoms with E-state index < -0.39 is 5.97 Å². The summed E-state index contributed by atoms with van der Waals surface area (Å²) in [4.78, 5) is 11.3. The Bertz CT molecular complexity index is 363. The molecule has 0 atom stereocenters. The summed E-state index contributed by atoms with van der Waals surface area (Å²) in [5, 5.41) is 0.378. The van der Waals surface area contributed by atoms with Gasteiger partial charge in [-0.2, -0.15) is 0 Å². The molecule has 0 N–H and O–H groups in total. The monoisotopic (exact) mass is 272 g/mol. The fourth-order valence-corrected chi connectivity index (χ4v) is 1.82. The largest absolute Gasteiger partial charge is 0.465 e. The molecule has 0 aliphatic carbocycles. The molecule has 0 unspecified atom stereocenters. The first-order valence-electron chi connectivity index (χ1n) is 3.40. The lowest BCUT2D eigenvalue weighted by Gasteiger charge is -2.07. The zero-order valence-electron chi connectivity index (χ0n) is 6.91. The van der Waals surface area contributed by atoms with E-state index in [-0.39, 0.29) is 25.7 Å². The molecule has 6 heteroatoms. The Morgan fingerprint density at radius 1 is 1.14 bits per heavy atom. The predicted octanol–water partition coefficient (Wildman–Crippen LogP) is 4.09. The van der Waals surface area contributed by atoms with Crippen LogP contribution < -0.4 is 0 Å². The second kappa shape index (κ2) is 4.58. The predicted molar refractivity (Wildman–Crippen MR) is 57.8 cm³/mol. The van der Waals surface area contributed by atoms with Crippen LogP contribution in [0, 0.1) is 0 Å². The Morgan fingerprint density at radius 3 is 1.93 bits per heavy atom. The van der Waals surface area contributed by atoms with Crippen LogP contribution in [0.25, 0.3) is 0 Å². The number of hydrogen-bond donors (Lipinski definition) is 0. The van der Waals surface area contributed by atoms with Crippen LogP contribution >= 0.6 is 46.4 Å². The Labute approximate surface area is 101 Å². The van der Waals surface area contributed by atoms with Gasteiger partial charge < -0.3 is 4.74 Å². The van der Waals surface area contributed by atoms with Crippen LogP contribution in [0.4, 0.5) is 0 Å². The molecule has 1 aromatic carbocycles. The molecule has 76 valence electrons. The average Bonchev–Trinajstić information content (AvgIpc) is 2.15. The summed E-state index contributed by atoms with van der Waals surface area (Å²) in [6, 6.07) is 1.36. The fraction of sp³-hybridized carbons (Fsp3) is 0.125. The minimum Gasteiger partial charge on any atom is -0.465 e. The normalized spacial score (nSPS) is 10.1. The van der Waals surface area contributed by atoms with Gasteiger partial charge in [0.2, 0.25) is 0 Å². The van der Waals surface area contributed by atoms with E-state index in [0.29, 0.717) is 0 Å². The van der Waals surface area contributed by atoms with Crippen molar-refractivity contribution >= 4 is 52.4 Å². The highest BCUT2D eigenvalue weighted by Crippen LogP contribution is 2.37. The van der Waals surface area contributed by atoms with Crippen molar-refractivity contribution < 1.29 is 9.53 Å². The number of carbonyl (C=O) groups is 1. The van der Waals surface area contributed by atoms with E-state index in [9.17, 15) is 4.79 Å². The van der Waals surface area contributed by atoms with Gasteiger partial charge in [0.15, 0.2) is 0 Å². The zero-order chi connectivity index (χ0) is 10.9. The summed E-state index contributed by atoms with van der Waals surface area (Å²) in [5.41, 5.74) is -0.0201. The first-order chi connectivity index (χ1) is 6.49. The topological polar surface area (TPSA) is 26.3 Å². The van der Waals surface area contributed by atoms with Crippen molar-refractivity contribution in [2.75, 3.05) is 7.11 Å². The number of esters is 1. The van der Waals surface area contributed by atoms with Crippen LogP contribution in [0.15, 0.2) is 6.07 Å². The minimum absolute atomic E-state index is 0.0201. The lowest BCUT2D eigenvalue weighted by Crippen LogP contribution is -2.03.